The van der Waals surface area contributed by atoms with Crippen molar-refractivity contribution in [3.8, 4) is 0 Å². The molecule has 1 amide bonds. The summed E-state index contributed by atoms with van der Waals surface area (Å²) in [5, 5.41) is 0. The van der Waals surface area contributed by atoms with Gasteiger partial charge in [-0.1, -0.05) is 50.6 Å². The number of hydrogen-bond acceptors (Lipinski definition) is 1. The number of hydrogen-bond donors (Lipinski definition) is 1. The standard InChI is InChI=1S/C14H21NO/c1-10-6-5-7-11(8-10)12(9-13(15)16)14(2,3)4/h5-8,12H,9H2,1-4H3,(H2,15,16). The highest BCUT2D eigenvalue weighted by molar-refractivity contribution is 5.75. The molecule has 1 unspecified atom stereocenters. The Labute approximate surface area is 97.9 Å². The topological polar surface area (TPSA) is 43.1 Å². The van der Waals surface area contributed by atoms with Gasteiger partial charge in [0.15, 0.2) is 0 Å². The molecule has 1 rings (SSSR count). The van der Waals surface area contributed by atoms with Crippen LogP contribution in [-0.2, 0) is 4.79 Å². The van der Waals surface area contributed by atoms with Gasteiger partial charge in [-0.05, 0) is 23.8 Å². The second kappa shape index (κ2) is 4.69. The lowest BCUT2D eigenvalue weighted by Gasteiger charge is -2.30. The molecule has 2 heteroatoms. The summed E-state index contributed by atoms with van der Waals surface area (Å²) in [7, 11) is 0. The van der Waals surface area contributed by atoms with Crippen LogP contribution in [0.4, 0.5) is 0 Å². The van der Waals surface area contributed by atoms with E-state index in [9.17, 15) is 4.79 Å². The van der Waals surface area contributed by atoms with E-state index in [4.69, 9.17) is 5.73 Å². The third-order valence-electron chi connectivity index (χ3n) is 2.90. The Morgan fingerprint density at radius 3 is 2.44 bits per heavy atom. The van der Waals surface area contributed by atoms with Crippen molar-refractivity contribution in [1.29, 1.82) is 0 Å². The van der Waals surface area contributed by atoms with Crippen LogP contribution in [0.1, 0.15) is 44.2 Å². The lowest BCUT2D eigenvalue weighted by atomic mass is 9.74. The van der Waals surface area contributed by atoms with Crippen molar-refractivity contribution in [2.24, 2.45) is 11.1 Å². The Morgan fingerprint density at radius 2 is 2.00 bits per heavy atom. The normalized spacial score (nSPS) is 13.5. The molecule has 1 aromatic rings. The maximum Gasteiger partial charge on any atom is 0.218 e. The van der Waals surface area contributed by atoms with Crippen molar-refractivity contribution in [2.75, 3.05) is 0 Å². The maximum absolute atomic E-state index is 11.1. The Hall–Kier alpha value is -1.31. The summed E-state index contributed by atoms with van der Waals surface area (Å²) in [6, 6.07) is 8.31. The van der Waals surface area contributed by atoms with Crippen LogP contribution in [0.3, 0.4) is 0 Å². The molecule has 0 aliphatic rings. The van der Waals surface area contributed by atoms with Crippen LogP contribution in [-0.4, -0.2) is 5.91 Å². The average Bonchev–Trinajstić information content (AvgIpc) is 2.12. The smallest absolute Gasteiger partial charge is 0.218 e. The largest absolute Gasteiger partial charge is 0.370 e. The van der Waals surface area contributed by atoms with Crippen LogP contribution in [0.25, 0.3) is 0 Å². The van der Waals surface area contributed by atoms with Crippen molar-refractivity contribution >= 4 is 5.91 Å². The molecule has 0 aromatic heterocycles. The first-order chi connectivity index (χ1) is 7.30. The number of benzene rings is 1. The van der Waals surface area contributed by atoms with Crippen LogP contribution in [0.15, 0.2) is 24.3 Å². The van der Waals surface area contributed by atoms with E-state index in [1.807, 2.05) is 6.07 Å². The average molecular weight is 219 g/mol. The first-order valence-electron chi connectivity index (χ1n) is 5.65. The van der Waals surface area contributed by atoms with Gasteiger partial charge in [-0.25, -0.2) is 0 Å². The highest BCUT2D eigenvalue weighted by Gasteiger charge is 2.27. The first-order valence-corrected chi connectivity index (χ1v) is 5.65. The van der Waals surface area contributed by atoms with Crippen LogP contribution in [0.2, 0.25) is 0 Å². The van der Waals surface area contributed by atoms with Gasteiger partial charge >= 0.3 is 0 Å². The number of rotatable bonds is 3. The molecule has 0 aliphatic carbocycles. The fourth-order valence-electron chi connectivity index (χ4n) is 2.01. The molecule has 0 saturated heterocycles. The van der Waals surface area contributed by atoms with E-state index in [2.05, 4.69) is 45.9 Å². The molecule has 0 spiro atoms. The van der Waals surface area contributed by atoms with E-state index in [0.717, 1.165) is 0 Å². The number of primary amides is 1. The van der Waals surface area contributed by atoms with Gasteiger partial charge in [-0.3, -0.25) is 4.79 Å². The number of nitrogens with two attached hydrogens (primary N) is 1. The monoisotopic (exact) mass is 219 g/mol. The second-order valence-electron chi connectivity index (χ2n) is 5.50. The molecular formula is C14H21NO. The molecule has 2 N–H and O–H groups in total. The van der Waals surface area contributed by atoms with E-state index >= 15 is 0 Å². The quantitative estimate of drug-likeness (QED) is 0.834. The molecule has 0 bridgehead atoms. The van der Waals surface area contributed by atoms with E-state index in [1.54, 1.807) is 0 Å². The molecule has 1 atom stereocenters. The zero-order valence-electron chi connectivity index (χ0n) is 10.6. The molecule has 1 aromatic carbocycles. The van der Waals surface area contributed by atoms with Crippen LogP contribution in [0.5, 0.6) is 0 Å². The van der Waals surface area contributed by atoms with Gasteiger partial charge < -0.3 is 5.73 Å². The molecule has 0 radical (unpaired) electrons. The minimum absolute atomic E-state index is 0.0445. The number of carbonyl (C=O) groups is 1. The predicted molar refractivity (Wildman–Crippen MR) is 67.2 cm³/mol. The fraction of sp³-hybridized carbons (Fsp3) is 0.500. The van der Waals surface area contributed by atoms with Crippen molar-refractivity contribution in [3.05, 3.63) is 35.4 Å². The van der Waals surface area contributed by atoms with Gasteiger partial charge in [-0.2, -0.15) is 0 Å². The zero-order chi connectivity index (χ0) is 12.3. The van der Waals surface area contributed by atoms with Crippen LogP contribution in [0, 0.1) is 12.3 Å². The van der Waals surface area contributed by atoms with Gasteiger partial charge in [-0.15, -0.1) is 0 Å². The second-order valence-corrected chi connectivity index (χ2v) is 5.50. The molecule has 0 aliphatic heterocycles. The summed E-state index contributed by atoms with van der Waals surface area (Å²) in [5.74, 6) is -0.0497. The lowest BCUT2D eigenvalue weighted by Crippen LogP contribution is -2.24. The van der Waals surface area contributed by atoms with Gasteiger partial charge in [0, 0.05) is 6.42 Å². The summed E-state index contributed by atoms with van der Waals surface area (Å²) >= 11 is 0. The Balaban J connectivity index is 3.06. The summed E-state index contributed by atoms with van der Waals surface area (Å²) in [6.45, 7) is 8.49. The SMILES string of the molecule is Cc1cccc(C(CC(N)=O)C(C)(C)C)c1. The number of carbonyl (C=O) groups excluding carboxylic acids is 1. The highest BCUT2D eigenvalue weighted by atomic mass is 16.1. The lowest BCUT2D eigenvalue weighted by molar-refractivity contribution is -0.118. The van der Waals surface area contributed by atoms with Crippen LogP contribution < -0.4 is 5.73 Å². The van der Waals surface area contributed by atoms with Gasteiger partial charge in [0.25, 0.3) is 0 Å². The minimum Gasteiger partial charge on any atom is -0.370 e. The number of amides is 1. The van der Waals surface area contributed by atoms with Gasteiger partial charge in [0.2, 0.25) is 5.91 Å². The third-order valence-corrected chi connectivity index (χ3v) is 2.90. The minimum atomic E-state index is -0.235. The van der Waals surface area contributed by atoms with Crippen molar-refractivity contribution in [3.63, 3.8) is 0 Å². The summed E-state index contributed by atoms with van der Waals surface area (Å²) in [6.07, 6.45) is 0.410. The maximum atomic E-state index is 11.1. The molecule has 0 heterocycles. The Morgan fingerprint density at radius 1 is 1.38 bits per heavy atom. The highest BCUT2D eigenvalue weighted by Crippen LogP contribution is 2.37. The molecule has 0 saturated carbocycles. The van der Waals surface area contributed by atoms with E-state index in [1.165, 1.54) is 11.1 Å². The fourth-order valence-corrected chi connectivity index (χ4v) is 2.01. The first kappa shape index (κ1) is 12.8. The van der Waals surface area contributed by atoms with Gasteiger partial charge in [0.05, 0.1) is 0 Å². The van der Waals surface area contributed by atoms with Crippen molar-refractivity contribution in [1.82, 2.24) is 0 Å². The molecule has 2 nitrogen and oxygen atoms in total. The molecule has 0 fully saturated rings. The van der Waals surface area contributed by atoms with Gasteiger partial charge in [0.1, 0.15) is 0 Å². The zero-order valence-corrected chi connectivity index (χ0v) is 10.6. The predicted octanol–water partition coefficient (Wildman–Crippen LogP) is 3.00. The third kappa shape index (κ3) is 3.37. The summed E-state index contributed by atoms with van der Waals surface area (Å²) < 4.78 is 0. The van der Waals surface area contributed by atoms with E-state index in [-0.39, 0.29) is 17.2 Å². The number of aryl methyl sites for hydroxylation is 1. The summed E-state index contributed by atoms with van der Waals surface area (Å²) in [4.78, 5) is 11.1. The van der Waals surface area contributed by atoms with E-state index in [0.29, 0.717) is 6.42 Å². The van der Waals surface area contributed by atoms with Crippen LogP contribution >= 0.6 is 0 Å². The van der Waals surface area contributed by atoms with Crippen molar-refractivity contribution < 1.29 is 4.79 Å². The molecule has 88 valence electrons. The molecular weight excluding hydrogens is 198 g/mol. The summed E-state index contributed by atoms with van der Waals surface area (Å²) in [5.41, 5.74) is 7.79. The Kier molecular flexibility index (Phi) is 3.74. The van der Waals surface area contributed by atoms with Crippen molar-refractivity contribution in [2.45, 2.75) is 40.0 Å². The molecule has 16 heavy (non-hydrogen) atoms. The Bertz CT molecular complexity index is 377. The van der Waals surface area contributed by atoms with E-state index < -0.39 is 0 Å².